The molecule has 0 aliphatic heterocycles. The van der Waals surface area contributed by atoms with Gasteiger partial charge in [-0.05, 0) is 44.0 Å². The molecule has 0 N–H and O–H groups in total. The lowest BCUT2D eigenvalue weighted by Crippen LogP contribution is -2.22. The van der Waals surface area contributed by atoms with E-state index in [4.69, 9.17) is 0 Å². The van der Waals surface area contributed by atoms with Crippen molar-refractivity contribution in [2.75, 3.05) is 0 Å². The van der Waals surface area contributed by atoms with E-state index < -0.39 is 0 Å². The monoisotopic (exact) mass is 366 g/mol. The van der Waals surface area contributed by atoms with Crippen molar-refractivity contribution >= 4 is 27.5 Å². The van der Waals surface area contributed by atoms with Gasteiger partial charge >= 0.3 is 0 Å². The standard InChI is InChI=1S/C22H26N2OS/c1-4-6-9-18(5-2)24-19-10-7-8-11-20(19)26-22(24)23-21(25)17-14-12-16(3)13-15-17/h7-8,10-15,18H,4-6,9H2,1-3H3. The molecule has 0 aliphatic carbocycles. The number of benzene rings is 2. The van der Waals surface area contributed by atoms with Crippen molar-refractivity contribution in [3.05, 3.63) is 64.5 Å². The van der Waals surface area contributed by atoms with Crippen LogP contribution in [0.5, 0.6) is 0 Å². The molecule has 0 saturated heterocycles. The third-order valence-corrected chi connectivity index (χ3v) is 5.79. The van der Waals surface area contributed by atoms with Crippen LogP contribution in [0.3, 0.4) is 0 Å². The van der Waals surface area contributed by atoms with Crippen molar-refractivity contribution in [3.63, 3.8) is 0 Å². The highest BCUT2D eigenvalue weighted by Gasteiger charge is 2.15. The minimum Gasteiger partial charge on any atom is -0.313 e. The first kappa shape index (κ1) is 18.6. The summed E-state index contributed by atoms with van der Waals surface area (Å²) in [7, 11) is 0. The first-order valence-electron chi connectivity index (χ1n) is 9.39. The highest BCUT2D eigenvalue weighted by molar-refractivity contribution is 7.16. The van der Waals surface area contributed by atoms with Crippen LogP contribution in [0.15, 0.2) is 53.5 Å². The molecule has 1 unspecified atom stereocenters. The fourth-order valence-electron chi connectivity index (χ4n) is 3.23. The molecule has 0 bridgehead atoms. The summed E-state index contributed by atoms with van der Waals surface area (Å²) in [6.45, 7) is 6.45. The van der Waals surface area contributed by atoms with E-state index in [-0.39, 0.29) is 5.91 Å². The van der Waals surface area contributed by atoms with Gasteiger partial charge in [-0.3, -0.25) is 4.79 Å². The van der Waals surface area contributed by atoms with E-state index in [2.05, 4.69) is 41.6 Å². The Kier molecular flexibility index (Phi) is 6.04. The van der Waals surface area contributed by atoms with Gasteiger partial charge in [0.25, 0.3) is 5.91 Å². The lowest BCUT2D eigenvalue weighted by Gasteiger charge is -2.18. The molecular formula is C22H26N2OS. The zero-order valence-corrected chi connectivity index (χ0v) is 16.6. The molecule has 1 heterocycles. The summed E-state index contributed by atoms with van der Waals surface area (Å²) in [5.74, 6) is -0.171. The fraction of sp³-hybridized carbons (Fsp3) is 0.364. The normalized spacial score (nSPS) is 13.3. The van der Waals surface area contributed by atoms with Crippen LogP contribution in [0.4, 0.5) is 0 Å². The first-order chi connectivity index (χ1) is 12.6. The van der Waals surface area contributed by atoms with Crippen LogP contribution in [-0.4, -0.2) is 10.5 Å². The largest absolute Gasteiger partial charge is 0.313 e. The van der Waals surface area contributed by atoms with Crippen molar-refractivity contribution < 1.29 is 4.79 Å². The summed E-state index contributed by atoms with van der Waals surface area (Å²) in [5.41, 5.74) is 2.96. The maximum atomic E-state index is 12.7. The van der Waals surface area contributed by atoms with Gasteiger partial charge < -0.3 is 4.57 Å². The van der Waals surface area contributed by atoms with Crippen molar-refractivity contribution in [1.82, 2.24) is 4.57 Å². The number of carbonyl (C=O) groups is 1. The van der Waals surface area contributed by atoms with Crippen LogP contribution in [0.2, 0.25) is 0 Å². The Labute approximate surface area is 159 Å². The van der Waals surface area contributed by atoms with Crippen LogP contribution >= 0.6 is 11.3 Å². The number of amides is 1. The Balaban J connectivity index is 2.10. The van der Waals surface area contributed by atoms with Crippen LogP contribution < -0.4 is 4.80 Å². The number of thiazole rings is 1. The topological polar surface area (TPSA) is 34.4 Å². The van der Waals surface area contributed by atoms with E-state index in [1.54, 1.807) is 11.3 Å². The van der Waals surface area contributed by atoms with Gasteiger partial charge in [-0.25, -0.2) is 0 Å². The molecule has 4 heteroatoms. The minimum atomic E-state index is -0.171. The van der Waals surface area contributed by atoms with E-state index in [0.29, 0.717) is 11.6 Å². The van der Waals surface area contributed by atoms with Gasteiger partial charge in [0.15, 0.2) is 4.80 Å². The first-order valence-corrected chi connectivity index (χ1v) is 10.2. The summed E-state index contributed by atoms with van der Waals surface area (Å²) in [6.07, 6.45) is 4.50. The number of fused-ring (bicyclic) bond motifs is 1. The summed E-state index contributed by atoms with van der Waals surface area (Å²) in [6, 6.07) is 16.3. The maximum Gasteiger partial charge on any atom is 0.279 e. The van der Waals surface area contributed by atoms with Crippen LogP contribution in [0.1, 0.15) is 61.5 Å². The second-order valence-corrected chi connectivity index (χ2v) is 7.72. The second-order valence-electron chi connectivity index (χ2n) is 6.71. The summed E-state index contributed by atoms with van der Waals surface area (Å²) in [5, 5.41) is 0. The summed E-state index contributed by atoms with van der Waals surface area (Å²) in [4.78, 5) is 18.0. The highest BCUT2D eigenvalue weighted by atomic mass is 32.1. The van der Waals surface area contributed by atoms with Crippen LogP contribution in [0, 0.1) is 6.92 Å². The molecule has 26 heavy (non-hydrogen) atoms. The van der Waals surface area contributed by atoms with Crippen LogP contribution in [0.25, 0.3) is 10.2 Å². The third-order valence-electron chi connectivity index (χ3n) is 4.76. The van der Waals surface area contributed by atoms with Crippen molar-refractivity contribution in [2.45, 2.75) is 52.5 Å². The molecule has 1 amide bonds. The summed E-state index contributed by atoms with van der Waals surface area (Å²) < 4.78 is 3.46. The Morgan fingerprint density at radius 3 is 2.54 bits per heavy atom. The van der Waals surface area contributed by atoms with E-state index in [1.165, 1.54) is 23.1 Å². The Morgan fingerprint density at radius 2 is 1.85 bits per heavy atom. The zero-order chi connectivity index (χ0) is 18.5. The number of hydrogen-bond acceptors (Lipinski definition) is 2. The van der Waals surface area contributed by atoms with Gasteiger partial charge in [-0.15, -0.1) is 0 Å². The van der Waals surface area contributed by atoms with E-state index >= 15 is 0 Å². The number of aryl methyl sites for hydroxylation is 1. The molecule has 136 valence electrons. The van der Waals surface area contributed by atoms with Crippen molar-refractivity contribution in [2.24, 2.45) is 4.99 Å². The minimum absolute atomic E-state index is 0.171. The predicted molar refractivity (Wildman–Crippen MR) is 110 cm³/mol. The molecule has 2 aromatic carbocycles. The lowest BCUT2D eigenvalue weighted by molar-refractivity contribution is 0.0997. The second kappa shape index (κ2) is 8.45. The fourth-order valence-corrected chi connectivity index (χ4v) is 4.31. The van der Waals surface area contributed by atoms with Crippen molar-refractivity contribution in [3.8, 4) is 0 Å². The van der Waals surface area contributed by atoms with Gasteiger partial charge in [0.05, 0.1) is 10.2 Å². The Bertz CT molecular complexity index is 950. The number of para-hydroxylation sites is 1. The average molecular weight is 367 g/mol. The molecule has 1 atom stereocenters. The number of nitrogens with zero attached hydrogens (tertiary/aromatic N) is 2. The predicted octanol–water partition coefficient (Wildman–Crippen LogP) is 5.89. The molecule has 0 spiro atoms. The lowest BCUT2D eigenvalue weighted by atomic mass is 10.1. The Hall–Kier alpha value is -2.20. The molecule has 0 radical (unpaired) electrons. The van der Waals surface area contributed by atoms with E-state index in [1.807, 2.05) is 37.3 Å². The van der Waals surface area contributed by atoms with E-state index in [9.17, 15) is 4.79 Å². The third kappa shape index (κ3) is 3.96. The zero-order valence-electron chi connectivity index (χ0n) is 15.7. The van der Waals surface area contributed by atoms with Crippen molar-refractivity contribution in [1.29, 1.82) is 0 Å². The molecule has 3 aromatic rings. The van der Waals surface area contributed by atoms with Gasteiger partial charge in [-0.2, -0.15) is 4.99 Å². The van der Waals surface area contributed by atoms with Gasteiger partial charge in [0.1, 0.15) is 0 Å². The number of carbonyl (C=O) groups excluding carboxylic acids is 1. The number of unbranched alkanes of at least 4 members (excludes halogenated alkanes) is 1. The van der Waals surface area contributed by atoms with Gasteiger partial charge in [0, 0.05) is 11.6 Å². The molecule has 0 saturated carbocycles. The molecule has 0 fully saturated rings. The average Bonchev–Trinajstić information content (AvgIpc) is 3.01. The SMILES string of the molecule is CCCCC(CC)n1c(=NC(=O)c2ccc(C)cc2)sc2ccccc21. The Morgan fingerprint density at radius 1 is 1.12 bits per heavy atom. The number of rotatable bonds is 6. The number of hydrogen-bond donors (Lipinski definition) is 0. The quantitative estimate of drug-likeness (QED) is 0.535. The number of aromatic nitrogens is 1. The molecule has 1 aromatic heterocycles. The molecule has 3 nitrogen and oxygen atoms in total. The van der Waals surface area contributed by atoms with Crippen LogP contribution in [-0.2, 0) is 0 Å². The highest BCUT2D eigenvalue weighted by Crippen LogP contribution is 2.25. The van der Waals surface area contributed by atoms with E-state index in [0.717, 1.165) is 23.2 Å². The molecule has 3 rings (SSSR count). The maximum absolute atomic E-state index is 12.7. The molecule has 0 aliphatic rings. The van der Waals surface area contributed by atoms with Gasteiger partial charge in [-0.1, -0.05) is 67.9 Å². The smallest absolute Gasteiger partial charge is 0.279 e. The molecular weight excluding hydrogens is 340 g/mol. The summed E-state index contributed by atoms with van der Waals surface area (Å²) >= 11 is 1.60. The van der Waals surface area contributed by atoms with Gasteiger partial charge in [0.2, 0.25) is 0 Å².